The van der Waals surface area contributed by atoms with E-state index in [1.807, 2.05) is 0 Å². The Morgan fingerprint density at radius 1 is 1.11 bits per heavy atom. The molecule has 0 fully saturated rings. The van der Waals surface area contributed by atoms with Crippen LogP contribution in [-0.4, -0.2) is 6.29 Å². The first-order valence-corrected chi connectivity index (χ1v) is 3.85. The van der Waals surface area contributed by atoms with Crippen LogP contribution in [-0.2, 0) is 4.79 Å². The van der Waals surface area contributed by atoms with Gasteiger partial charge in [0.15, 0.2) is 0 Å². The van der Waals surface area contributed by atoms with Gasteiger partial charge in [0.2, 0.25) is 0 Å². The van der Waals surface area contributed by atoms with Crippen molar-refractivity contribution in [3.05, 3.63) is 0 Å². The molecule has 0 rings (SSSR count). The maximum Gasteiger partial charge on any atom is 0.119 e. The molecule has 0 aliphatic heterocycles. The number of carbonyl (C=O) groups excluding carboxylic acids is 1. The monoisotopic (exact) mass is 132 g/mol. The van der Waals surface area contributed by atoms with Crippen LogP contribution in [0.15, 0.2) is 0 Å². The second kappa shape index (κ2) is 7.67. The molecule has 0 bridgehead atoms. The zero-order valence-electron chi connectivity index (χ0n) is 6.23. The van der Waals surface area contributed by atoms with E-state index in [-0.39, 0.29) is 0 Å². The maximum atomic E-state index is 9.84. The van der Waals surface area contributed by atoms with E-state index in [1.54, 1.807) is 0 Å². The summed E-state index contributed by atoms with van der Waals surface area (Å²) in [5.41, 5.74) is 0. The molecule has 0 aromatic carbocycles. The molecule has 0 heterocycles. The Hall–Kier alpha value is -0.330. The van der Waals surface area contributed by atoms with Gasteiger partial charge >= 0.3 is 0 Å². The molecule has 0 atom stereocenters. The van der Waals surface area contributed by atoms with Crippen LogP contribution >= 0.6 is 0 Å². The van der Waals surface area contributed by atoms with Crippen LogP contribution < -0.4 is 0 Å². The lowest BCUT2D eigenvalue weighted by molar-refractivity contribution is -0.107. The van der Waals surface area contributed by atoms with Gasteiger partial charge in [-0.3, -0.25) is 0 Å². The molecule has 0 saturated carbocycles. The minimum Gasteiger partial charge on any atom is -0.303 e. The van der Waals surface area contributed by atoms with E-state index in [1.165, 1.54) is 25.7 Å². The first-order valence-electron chi connectivity index (χ1n) is 3.85. The highest BCUT2D eigenvalue weighted by molar-refractivity contribution is 5.48. The fraction of sp³-hybridized carbons (Fsp3) is 0.875. The van der Waals surface area contributed by atoms with Crippen LogP contribution in [0.1, 0.15) is 45.4 Å². The predicted octanol–water partition coefficient (Wildman–Crippen LogP) is 2.55. The quantitative estimate of drug-likeness (QED) is 0.308. The summed E-state index contributed by atoms with van der Waals surface area (Å²) >= 11 is 0. The van der Waals surface area contributed by atoms with Crippen LogP contribution in [0.3, 0.4) is 0 Å². The van der Waals surface area contributed by atoms with Gasteiger partial charge in [0, 0.05) is 6.42 Å². The molecular formula is C8H16O. The van der Waals surface area contributed by atoms with Gasteiger partial charge < -0.3 is 4.79 Å². The average molecular weight is 132 g/mol. The van der Waals surface area contributed by atoms with Crippen LogP contribution in [0.25, 0.3) is 0 Å². The fourth-order valence-corrected chi connectivity index (χ4v) is 0.831. The summed E-state index contributed by atoms with van der Waals surface area (Å²) in [6, 6.07) is 0. The minimum absolute atomic E-state index is 0.754. The largest absolute Gasteiger partial charge is 0.303 e. The van der Waals surface area contributed by atoms with Gasteiger partial charge in [-0.15, -0.1) is 0 Å². The molecule has 9 heavy (non-hydrogen) atoms. The summed E-state index contributed by atoms with van der Waals surface area (Å²) < 4.78 is 0. The zero-order chi connectivity index (χ0) is 6.95. The average Bonchev–Trinajstić information content (AvgIpc) is 1.89. The van der Waals surface area contributed by atoms with E-state index in [0.29, 0.717) is 0 Å². The molecule has 1 nitrogen and oxygen atoms in total. The van der Waals surface area contributed by atoms with Crippen LogP contribution in [0.2, 0.25) is 0 Å². The summed E-state index contributed by atoms with van der Waals surface area (Å²) in [5.74, 6) is 0. The Labute approximate surface area is 57.5 Å². The maximum absolute atomic E-state index is 9.84. The van der Waals surface area contributed by atoms with Crippen molar-refractivity contribution in [2.24, 2.45) is 0 Å². The van der Waals surface area contributed by atoms with Crippen molar-refractivity contribution in [3.63, 3.8) is 0 Å². The Kier molecular flexibility index (Phi) is 7.39. The second-order valence-corrected chi connectivity index (χ2v) is 2.37. The van der Waals surface area contributed by atoms with E-state index in [0.717, 1.165) is 19.1 Å². The standard InChI is InChI=1S/C8H16O/c1-2-3-4-5-6-7-8-9/h8H,2-7H2,1H3/i1+1,3+1,5+1,7+1. The van der Waals surface area contributed by atoms with Crippen LogP contribution in [0.5, 0.6) is 0 Å². The topological polar surface area (TPSA) is 17.1 Å². The highest BCUT2D eigenvalue weighted by Gasteiger charge is 1.85. The second-order valence-electron chi connectivity index (χ2n) is 2.37. The molecule has 0 aromatic heterocycles. The first kappa shape index (κ1) is 8.67. The van der Waals surface area contributed by atoms with Crippen molar-refractivity contribution in [1.82, 2.24) is 0 Å². The van der Waals surface area contributed by atoms with Gasteiger partial charge in [0.25, 0.3) is 0 Å². The van der Waals surface area contributed by atoms with Crippen molar-refractivity contribution in [1.29, 1.82) is 0 Å². The lowest BCUT2D eigenvalue weighted by Gasteiger charge is -1.93. The molecule has 0 aromatic rings. The van der Waals surface area contributed by atoms with E-state index in [4.69, 9.17) is 0 Å². The van der Waals surface area contributed by atoms with E-state index >= 15 is 0 Å². The van der Waals surface area contributed by atoms with Gasteiger partial charge in [0.1, 0.15) is 6.29 Å². The first-order chi connectivity index (χ1) is 4.41. The third-order valence-electron chi connectivity index (χ3n) is 1.43. The number of aldehydes is 1. The third-order valence-corrected chi connectivity index (χ3v) is 1.43. The lowest BCUT2D eigenvalue weighted by Crippen LogP contribution is -1.78. The van der Waals surface area contributed by atoms with Gasteiger partial charge in [-0.2, -0.15) is 0 Å². The molecule has 0 N–H and O–H groups in total. The normalized spacial score (nSPS) is 9.44. The molecule has 0 aliphatic rings. The number of carbonyl (C=O) groups is 1. The molecule has 0 amide bonds. The summed E-state index contributed by atoms with van der Waals surface area (Å²) in [6.07, 6.45) is 7.97. The van der Waals surface area contributed by atoms with Gasteiger partial charge in [0.05, 0.1) is 0 Å². The highest BCUT2D eigenvalue weighted by Crippen LogP contribution is 2.02. The van der Waals surface area contributed by atoms with Crippen molar-refractivity contribution in [2.75, 3.05) is 0 Å². The van der Waals surface area contributed by atoms with Gasteiger partial charge in [-0.25, -0.2) is 0 Å². The molecule has 54 valence electrons. The molecule has 0 radical (unpaired) electrons. The van der Waals surface area contributed by atoms with E-state index in [2.05, 4.69) is 6.92 Å². The highest BCUT2D eigenvalue weighted by atomic mass is 16.1. The van der Waals surface area contributed by atoms with Crippen LogP contribution in [0.4, 0.5) is 0 Å². The third kappa shape index (κ3) is 7.67. The number of rotatable bonds is 6. The Morgan fingerprint density at radius 3 is 2.33 bits per heavy atom. The zero-order valence-corrected chi connectivity index (χ0v) is 6.23. The van der Waals surface area contributed by atoms with Crippen molar-refractivity contribution < 1.29 is 4.79 Å². The van der Waals surface area contributed by atoms with E-state index < -0.39 is 0 Å². The number of hydrogen-bond donors (Lipinski definition) is 0. The summed E-state index contributed by atoms with van der Waals surface area (Å²) in [6.45, 7) is 2.19. The van der Waals surface area contributed by atoms with Crippen molar-refractivity contribution in [2.45, 2.75) is 45.4 Å². The van der Waals surface area contributed by atoms with E-state index in [9.17, 15) is 4.79 Å². The molecule has 0 saturated heterocycles. The van der Waals surface area contributed by atoms with Crippen LogP contribution in [0, 0.1) is 0 Å². The number of hydrogen-bond acceptors (Lipinski definition) is 1. The Balaban J connectivity index is 2.66. The minimum atomic E-state index is 0.754. The molecule has 0 aliphatic carbocycles. The molecule has 1 heteroatoms. The Morgan fingerprint density at radius 2 is 1.78 bits per heavy atom. The molecular weight excluding hydrogens is 116 g/mol. The summed E-state index contributed by atoms with van der Waals surface area (Å²) in [7, 11) is 0. The fourth-order valence-electron chi connectivity index (χ4n) is 0.831. The Bertz CT molecular complexity index is 59.6. The van der Waals surface area contributed by atoms with Crippen molar-refractivity contribution in [3.8, 4) is 0 Å². The van der Waals surface area contributed by atoms with Crippen molar-refractivity contribution >= 4 is 6.29 Å². The molecule has 0 unspecified atom stereocenters. The smallest absolute Gasteiger partial charge is 0.119 e. The SMILES string of the molecule is [13CH3]C[13CH2]C[13CH2]C[13CH2]C=O. The molecule has 0 spiro atoms. The summed E-state index contributed by atoms with van der Waals surface area (Å²) in [5, 5.41) is 0. The number of unbranched alkanes of at least 4 members (excludes halogenated alkanes) is 5. The lowest BCUT2D eigenvalue weighted by atomic mass is 10.6. The van der Waals surface area contributed by atoms with Gasteiger partial charge in [-0.05, 0) is 6.42 Å². The predicted molar refractivity (Wildman–Crippen MR) is 39.4 cm³/mol. The summed E-state index contributed by atoms with van der Waals surface area (Å²) in [4.78, 5) is 9.84. The van der Waals surface area contributed by atoms with Gasteiger partial charge in [-0.1, -0.05) is 32.6 Å².